The molecule has 5 heteroatoms. The van der Waals surface area contributed by atoms with Crippen molar-refractivity contribution in [1.29, 1.82) is 0 Å². The van der Waals surface area contributed by atoms with Crippen molar-refractivity contribution in [1.82, 2.24) is 9.97 Å². The number of fused-ring (bicyclic) bond motifs is 1. The van der Waals surface area contributed by atoms with Crippen LogP contribution in [-0.2, 0) is 12.8 Å². The third-order valence-corrected chi connectivity index (χ3v) is 4.79. The monoisotopic (exact) mass is 310 g/mol. The van der Waals surface area contributed by atoms with Crippen LogP contribution in [0.3, 0.4) is 0 Å². The van der Waals surface area contributed by atoms with Gasteiger partial charge in [0, 0.05) is 30.0 Å². The van der Waals surface area contributed by atoms with E-state index >= 15 is 0 Å². The Labute approximate surface area is 135 Å². The minimum Gasteiger partial charge on any atom is -0.372 e. The van der Waals surface area contributed by atoms with Gasteiger partial charge in [-0.3, -0.25) is 9.78 Å². The van der Waals surface area contributed by atoms with Crippen LogP contribution in [0, 0.1) is 0 Å². The highest BCUT2D eigenvalue weighted by molar-refractivity contribution is 5.59. The van der Waals surface area contributed by atoms with Gasteiger partial charge in [-0.25, -0.2) is 4.98 Å². The van der Waals surface area contributed by atoms with Crippen molar-refractivity contribution >= 4 is 17.3 Å². The number of nitrogens with one attached hydrogen (secondary N) is 2. The molecule has 1 aromatic heterocycles. The Balaban J connectivity index is 1.53. The molecule has 2 N–H and O–H groups in total. The SMILES string of the molecule is O=c1[nH]c(Nc2ccc(N3CCCC3)cc2)nc2c1CCCC2. The molecule has 2 aromatic rings. The first-order valence-electron chi connectivity index (χ1n) is 8.54. The van der Waals surface area contributed by atoms with Crippen molar-refractivity contribution in [2.24, 2.45) is 0 Å². The first kappa shape index (κ1) is 14.3. The Morgan fingerprint density at radius 3 is 2.52 bits per heavy atom. The quantitative estimate of drug-likeness (QED) is 0.915. The molecule has 2 aliphatic rings. The molecule has 1 aliphatic heterocycles. The summed E-state index contributed by atoms with van der Waals surface area (Å²) in [6.45, 7) is 2.29. The van der Waals surface area contributed by atoms with Crippen LogP contribution in [0.2, 0.25) is 0 Å². The predicted molar refractivity (Wildman–Crippen MR) is 92.7 cm³/mol. The van der Waals surface area contributed by atoms with Crippen LogP contribution in [-0.4, -0.2) is 23.1 Å². The molecule has 0 unspecified atom stereocenters. The fraction of sp³-hybridized carbons (Fsp3) is 0.444. The molecule has 4 rings (SSSR count). The van der Waals surface area contributed by atoms with Gasteiger partial charge < -0.3 is 10.2 Å². The summed E-state index contributed by atoms with van der Waals surface area (Å²) in [5, 5.41) is 3.23. The van der Waals surface area contributed by atoms with Gasteiger partial charge in [0.25, 0.3) is 5.56 Å². The van der Waals surface area contributed by atoms with E-state index in [2.05, 4.69) is 32.3 Å². The zero-order valence-electron chi connectivity index (χ0n) is 13.3. The van der Waals surface area contributed by atoms with Gasteiger partial charge in [-0.15, -0.1) is 0 Å². The van der Waals surface area contributed by atoms with Crippen molar-refractivity contribution < 1.29 is 0 Å². The minimum atomic E-state index is 0.00545. The normalized spacial score (nSPS) is 17.1. The summed E-state index contributed by atoms with van der Waals surface area (Å²) in [4.78, 5) is 22.0. The van der Waals surface area contributed by atoms with E-state index < -0.39 is 0 Å². The summed E-state index contributed by atoms with van der Waals surface area (Å²) in [7, 11) is 0. The highest BCUT2D eigenvalue weighted by Gasteiger charge is 2.16. The fourth-order valence-corrected chi connectivity index (χ4v) is 3.53. The first-order valence-corrected chi connectivity index (χ1v) is 8.54. The highest BCUT2D eigenvalue weighted by atomic mass is 16.1. The highest BCUT2D eigenvalue weighted by Crippen LogP contribution is 2.23. The molecular weight excluding hydrogens is 288 g/mol. The second-order valence-electron chi connectivity index (χ2n) is 6.41. The lowest BCUT2D eigenvalue weighted by Gasteiger charge is -2.18. The lowest BCUT2D eigenvalue weighted by Crippen LogP contribution is -2.22. The van der Waals surface area contributed by atoms with E-state index in [1.807, 2.05) is 12.1 Å². The average molecular weight is 310 g/mol. The Kier molecular flexibility index (Phi) is 3.77. The van der Waals surface area contributed by atoms with Crippen LogP contribution in [0.4, 0.5) is 17.3 Å². The molecule has 1 fully saturated rings. The van der Waals surface area contributed by atoms with Crippen LogP contribution in [0.1, 0.15) is 36.9 Å². The number of aromatic nitrogens is 2. The van der Waals surface area contributed by atoms with Crippen molar-refractivity contribution in [3.8, 4) is 0 Å². The Bertz CT molecular complexity index is 745. The van der Waals surface area contributed by atoms with E-state index in [1.54, 1.807) is 0 Å². The number of benzene rings is 1. The number of anilines is 3. The van der Waals surface area contributed by atoms with E-state index in [9.17, 15) is 4.79 Å². The van der Waals surface area contributed by atoms with Gasteiger partial charge in [-0.2, -0.15) is 0 Å². The van der Waals surface area contributed by atoms with Crippen LogP contribution in [0.5, 0.6) is 0 Å². The lowest BCUT2D eigenvalue weighted by molar-refractivity contribution is 0.658. The van der Waals surface area contributed by atoms with Gasteiger partial charge in [0.05, 0.1) is 5.69 Å². The maximum absolute atomic E-state index is 12.2. The summed E-state index contributed by atoms with van der Waals surface area (Å²) < 4.78 is 0. The molecule has 5 nitrogen and oxygen atoms in total. The first-order chi connectivity index (χ1) is 11.3. The van der Waals surface area contributed by atoms with Crippen LogP contribution < -0.4 is 15.8 Å². The maximum Gasteiger partial charge on any atom is 0.255 e. The topological polar surface area (TPSA) is 61.0 Å². The van der Waals surface area contributed by atoms with E-state index in [0.717, 1.165) is 55.7 Å². The molecule has 0 amide bonds. The number of H-pyrrole nitrogens is 1. The molecule has 1 saturated heterocycles. The Hall–Kier alpha value is -2.30. The zero-order valence-corrected chi connectivity index (χ0v) is 13.3. The average Bonchev–Trinajstić information content (AvgIpc) is 3.10. The van der Waals surface area contributed by atoms with Gasteiger partial charge in [0.2, 0.25) is 5.95 Å². The molecule has 120 valence electrons. The van der Waals surface area contributed by atoms with E-state index in [0.29, 0.717) is 5.95 Å². The van der Waals surface area contributed by atoms with Gasteiger partial charge in [0.1, 0.15) is 0 Å². The summed E-state index contributed by atoms with van der Waals surface area (Å²) in [6.07, 6.45) is 6.51. The summed E-state index contributed by atoms with van der Waals surface area (Å²) in [5.74, 6) is 0.546. The van der Waals surface area contributed by atoms with Crippen LogP contribution in [0.15, 0.2) is 29.1 Å². The third kappa shape index (κ3) is 2.96. The van der Waals surface area contributed by atoms with Gasteiger partial charge in [-0.1, -0.05) is 0 Å². The molecule has 0 saturated carbocycles. The number of aromatic amines is 1. The van der Waals surface area contributed by atoms with Gasteiger partial charge in [0.15, 0.2) is 0 Å². The predicted octanol–water partition coefficient (Wildman–Crippen LogP) is 2.99. The molecule has 1 aliphatic carbocycles. The van der Waals surface area contributed by atoms with E-state index in [1.165, 1.54) is 18.5 Å². The second-order valence-corrected chi connectivity index (χ2v) is 6.41. The van der Waals surface area contributed by atoms with Crippen LogP contribution >= 0.6 is 0 Å². The second kappa shape index (κ2) is 6.07. The molecule has 0 spiro atoms. The molecule has 23 heavy (non-hydrogen) atoms. The Morgan fingerprint density at radius 1 is 1.00 bits per heavy atom. The zero-order chi connectivity index (χ0) is 15.6. The summed E-state index contributed by atoms with van der Waals surface area (Å²) in [5.41, 5.74) is 4.04. The van der Waals surface area contributed by atoms with Crippen molar-refractivity contribution in [3.63, 3.8) is 0 Å². The molecular formula is C18H22N4O. The molecule has 2 heterocycles. The number of rotatable bonds is 3. The molecule has 1 aromatic carbocycles. The smallest absolute Gasteiger partial charge is 0.255 e. The number of hydrogen-bond donors (Lipinski definition) is 2. The van der Waals surface area contributed by atoms with Crippen molar-refractivity contribution in [3.05, 3.63) is 45.9 Å². The Morgan fingerprint density at radius 2 is 1.74 bits per heavy atom. The third-order valence-electron chi connectivity index (χ3n) is 4.79. The molecule has 0 atom stereocenters. The number of hydrogen-bond acceptors (Lipinski definition) is 4. The number of aryl methyl sites for hydroxylation is 1. The van der Waals surface area contributed by atoms with E-state index in [-0.39, 0.29) is 5.56 Å². The van der Waals surface area contributed by atoms with Gasteiger partial charge in [-0.05, 0) is 62.8 Å². The summed E-state index contributed by atoms with van der Waals surface area (Å²) in [6, 6.07) is 8.36. The van der Waals surface area contributed by atoms with Gasteiger partial charge >= 0.3 is 0 Å². The largest absolute Gasteiger partial charge is 0.372 e. The van der Waals surface area contributed by atoms with E-state index in [4.69, 9.17) is 0 Å². The summed E-state index contributed by atoms with van der Waals surface area (Å²) >= 11 is 0. The number of nitrogens with zero attached hydrogens (tertiary/aromatic N) is 2. The lowest BCUT2D eigenvalue weighted by atomic mass is 9.97. The van der Waals surface area contributed by atoms with Crippen molar-refractivity contribution in [2.75, 3.05) is 23.3 Å². The van der Waals surface area contributed by atoms with Crippen molar-refractivity contribution in [2.45, 2.75) is 38.5 Å². The standard InChI is InChI=1S/C18H22N4O/c23-17-15-5-1-2-6-16(15)20-18(21-17)19-13-7-9-14(10-8-13)22-11-3-4-12-22/h7-10H,1-6,11-12H2,(H2,19,20,21,23). The molecule has 0 bridgehead atoms. The fourth-order valence-electron chi connectivity index (χ4n) is 3.53. The molecule has 0 radical (unpaired) electrons. The maximum atomic E-state index is 12.2. The van der Waals surface area contributed by atoms with Crippen LogP contribution in [0.25, 0.3) is 0 Å². The minimum absolute atomic E-state index is 0.00545.